The third-order valence-electron chi connectivity index (χ3n) is 1.13. The SMILES string of the molecule is CN=C(NC#N)SCCC(F)=C(F)F. The molecule has 0 spiro atoms. The van der Waals surface area contributed by atoms with Crippen molar-refractivity contribution in [1.29, 1.82) is 5.26 Å². The van der Waals surface area contributed by atoms with Gasteiger partial charge in [-0.15, -0.1) is 0 Å². The smallest absolute Gasteiger partial charge is 0.272 e. The van der Waals surface area contributed by atoms with Gasteiger partial charge in [0.15, 0.2) is 17.2 Å². The molecule has 0 aliphatic rings. The van der Waals surface area contributed by atoms with Crippen LogP contribution in [0.25, 0.3) is 0 Å². The molecule has 0 radical (unpaired) electrons. The predicted molar refractivity (Wildman–Crippen MR) is 49.5 cm³/mol. The highest BCUT2D eigenvalue weighted by atomic mass is 32.2. The molecule has 14 heavy (non-hydrogen) atoms. The average molecular weight is 223 g/mol. The number of thioether (sulfide) groups is 1. The summed E-state index contributed by atoms with van der Waals surface area (Å²) < 4.78 is 35.4. The third kappa shape index (κ3) is 5.48. The molecule has 0 saturated carbocycles. The van der Waals surface area contributed by atoms with Gasteiger partial charge in [-0.1, -0.05) is 11.8 Å². The monoisotopic (exact) mass is 223 g/mol. The predicted octanol–water partition coefficient (Wildman–Crippen LogP) is 2.24. The topological polar surface area (TPSA) is 48.2 Å². The molecule has 0 aliphatic heterocycles. The van der Waals surface area contributed by atoms with Crippen LogP contribution in [0.1, 0.15) is 6.42 Å². The molecule has 0 aromatic rings. The minimum absolute atomic E-state index is 0.102. The first kappa shape index (κ1) is 12.8. The fraction of sp³-hybridized carbons (Fsp3) is 0.429. The van der Waals surface area contributed by atoms with Crippen LogP contribution in [0.5, 0.6) is 0 Å². The van der Waals surface area contributed by atoms with Gasteiger partial charge in [0.05, 0.1) is 0 Å². The van der Waals surface area contributed by atoms with Crippen molar-refractivity contribution in [3.05, 3.63) is 11.9 Å². The van der Waals surface area contributed by atoms with Gasteiger partial charge in [0.1, 0.15) is 0 Å². The lowest BCUT2D eigenvalue weighted by molar-refractivity contribution is 0.373. The quantitative estimate of drug-likeness (QED) is 0.345. The number of amidine groups is 1. The van der Waals surface area contributed by atoms with Crippen LogP contribution in [0, 0.1) is 11.5 Å². The summed E-state index contributed by atoms with van der Waals surface area (Å²) in [5, 5.41) is 10.7. The van der Waals surface area contributed by atoms with E-state index in [4.69, 9.17) is 5.26 Å². The lowest BCUT2D eigenvalue weighted by Crippen LogP contribution is -2.13. The van der Waals surface area contributed by atoms with E-state index in [2.05, 4.69) is 10.3 Å². The maximum absolute atomic E-state index is 12.3. The first-order valence-electron chi connectivity index (χ1n) is 3.56. The van der Waals surface area contributed by atoms with Crippen molar-refractivity contribution in [2.24, 2.45) is 4.99 Å². The number of hydrogen-bond donors (Lipinski definition) is 1. The van der Waals surface area contributed by atoms with Gasteiger partial charge in [-0.25, -0.2) is 4.39 Å². The second-order valence-electron chi connectivity index (χ2n) is 2.03. The second kappa shape index (κ2) is 7.26. The van der Waals surface area contributed by atoms with E-state index in [1.165, 1.54) is 7.05 Å². The summed E-state index contributed by atoms with van der Waals surface area (Å²) in [5.74, 6) is -1.32. The van der Waals surface area contributed by atoms with Gasteiger partial charge in [-0.2, -0.15) is 14.0 Å². The summed E-state index contributed by atoms with van der Waals surface area (Å²) in [6, 6.07) is 0. The minimum Gasteiger partial charge on any atom is -0.272 e. The Morgan fingerprint density at radius 3 is 2.57 bits per heavy atom. The number of hydrogen-bond acceptors (Lipinski definition) is 3. The van der Waals surface area contributed by atoms with Gasteiger partial charge in [0.25, 0.3) is 0 Å². The van der Waals surface area contributed by atoms with Crippen LogP contribution < -0.4 is 5.32 Å². The van der Waals surface area contributed by atoms with E-state index >= 15 is 0 Å². The minimum atomic E-state index is -2.30. The summed E-state index contributed by atoms with van der Waals surface area (Å²) in [5.41, 5.74) is 0. The molecule has 0 unspecified atom stereocenters. The highest BCUT2D eigenvalue weighted by molar-refractivity contribution is 8.13. The van der Waals surface area contributed by atoms with Gasteiger partial charge in [-0.3, -0.25) is 10.3 Å². The van der Waals surface area contributed by atoms with Gasteiger partial charge < -0.3 is 0 Å². The van der Waals surface area contributed by atoms with E-state index in [1.54, 1.807) is 6.19 Å². The zero-order chi connectivity index (χ0) is 11.0. The molecule has 0 aromatic heterocycles. The molecule has 0 bridgehead atoms. The number of nitrogens with one attached hydrogen (secondary N) is 1. The molecule has 0 atom stereocenters. The Morgan fingerprint density at radius 2 is 2.14 bits per heavy atom. The normalized spacial score (nSPS) is 10.6. The molecule has 0 amide bonds. The van der Waals surface area contributed by atoms with Crippen molar-refractivity contribution >= 4 is 16.9 Å². The number of nitrogens with zero attached hydrogens (tertiary/aromatic N) is 2. The van der Waals surface area contributed by atoms with E-state index in [0.717, 1.165) is 11.8 Å². The van der Waals surface area contributed by atoms with Crippen LogP contribution in [-0.2, 0) is 0 Å². The molecular weight excluding hydrogens is 215 g/mol. The molecule has 0 fully saturated rings. The Balaban J connectivity index is 3.86. The van der Waals surface area contributed by atoms with Gasteiger partial charge >= 0.3 is 6.08 Å². The van der Waals surface area contributed by atoms with Crippen LogP contribution in [-0.4, -0.2) is 18.0 Å². The first-order chi connectivity index (χ1) is 6.61. The van der Waals surface area contributed by atoms with E-state index < -0.39 is 11.9 Å². The molecule has 0 rings (SSSR count). The van der Waals surface area contributed by atoms with Crippen molar-refractivity contribution < 1.29 is 13.2 Å². The van der Waals surface area contributed by atoms with Crippen LogP contribution in [0.2, 0.25) is 0 Å². The lowest BCUT2D eigenvalue weighted by Gasteiger charge is -2.00. The summed E-state index contributed by atoms with van der Waals surface area (Å²) in [7, 11) is 1.44. The summed E-state index contributed by atoms with van der Waals surface area (Å²) in [6.45, 7) is 0. The van der Waals surface area contributed by atoms with Gasteiger partial charge in [0.2, 0.25) is 0 Å². The second-order valence-corrected chi connectivity index (χ2v) is 3.11. The summed E-state index contributed by atoms with van der Waals surface area (Å²) in [4.78, 5) is 3.64. The average Bonchev–Trinajstić information content (AvgIpc) is 2.16. The number of halogens is 3. The van der Waals surface area contributed by atoms with E-state index in [9.17, 15) is 13.2 Å². The standard InChI is InChI=1S/C7H8F3N3S/c1-12-7(13-4-11)14-3-2-5(8)6(9)10/h2-3H2,1H3,(H,12,13). The first-order valence-corrected chi connectivity index (χ1v) is 4.54. The summed E-state index contributed by atoms with van der Waals surface area (Å²) >= 11 is 1.00. The van der Waals surface area contributed by atoms with Gasteiger partial charge in [-0.05, 0) is 0 Å². The molecule has 0 aromatic carbocycles. The molecule has 78 valence electrons. The third-order valence-corrected chi connectivity index (χ3v) is 2.10. The maximum Gasteiger partial charge on any atom is 0.301 e. The molecule has 1 N–H and O–H groups in total. The Bertz CT molecular complexity index is 278. The van der Waals surface area contributed by atoms with Crippen molar-refractivity contribution in [2.75, 3.05) is 12.8 Å². The molecule has 7 heteroatoms. The van der Waals surface area contributed by atoms with Crippen molar-refractivity contribution in [2.45, 2.75) is 6.42 Å². The van der Waals surface area contributed by atoms with Crippen LogP contribution in [0.4, 0.5) is 13.2 Å². The summed E-state index contributed by atoms with van der Waals surface area (Å²) in [6.07, 6.45) is -1.05. The Kier molecular flexibility index (Phi) is 6.66. The Morgan fingerprint density at radius 1 is 1.50 bits per heavy atom. The largest absolute Gasteiger partial charge is 0.301 e. The van der Waals surface area contributed by atoms with Crippen molar-refractivity contribution in [3.8, 4) is 6.19 Å². The molecule has 3 nitrogen and oxygen atoms in total. The fourth-order valence-corrected chi connectivity index (χ4v) is 1.26. The Labute approximate surface area is 83.7 Å². The van der Waals surface area contributed by atoms with Gasteiger partial charge in [0, 0.05) is 19.2 Å². The Hall–Kier alpha value is -1.16. The van der Waals surface area contributed by atoms with Crippen LogP contribution in [0.15, 0.2) is 16.9 Å². The molecule has 0 aliphatic carbocycles. The number of allylic oxidation sites excluding steroid dienone is 1. The molecular formula is C7H8F3N3S. The number of rotatable bonds is 3. The van der Waals surface area contributed by atoms with E-state index in [1.807, 2.05) is 0 Å². The highest BCUT2D eigenvalue weighted by Gasteiger charge is 2.05. The number of aliphatic imine (C=N–C) groups is 1. The van der Waals surface area contributed by atoms with E-state index in [0.29, 0.717) is 0 Å². The van der Waals surface area contributed by atoms with Crippen LogP contribution in [0.3, 0.4) is 0 Å². The molecule has 0 heterocycles. The zero-order valence-corrected chi connectivity index (χ0v) is 8.17. The lowest BCUT2D eigenvalue weighted by atomic mass is 10.4. The van der Waals surface area contributed by atoms with Crippen molar-refractivity contribution in [1.82, 2.24) is 5.32 Å². The van der Waals surface area contributed by atoms with E-state index in [-0.39, 0.29) is 17.3 Å². The highest BCUT2D eigenvalue weighted by Crippen LogP contribution is 2.16. The van der Waals surface area contributed by atoms with Crippen LogP contribution >= 0.6 is 11.8 Å². The fourth-order valence-electron chi connectivity index (χ4n) is 0.536. The number of nitriles is 1. The zero-order valence-electron chi connectivity index (χ0n) is 7.35. The van der Waals surface area contributed by atoms with Crippen molar-refractivity contribution in [3.63, 3.8) is 0 Å². The molecule has 0 saturated heterocycles. The maximum atomic E-state index is 12.3.